The maximum absolute atomic E-state index is 13.2. The molecule has 5 rings (SSSR count). The Morgan fingerprint density at radius 1 is 0.879 bits per heavy atom. The molecule has 3 aromatic rings. The van der Waals surface area contributed by atoms with Gasteiger partial charge in [-0.25, -0.2) is 4.99 Å². The molecule has 2 unspecified atom stereocenters. The lowest BCUT2D eigenvalue weighted by molar-refractivity contribution is -0.122. The predicted molar refractivity (Wildman–Crippen MR) is 130 cm³/mol. The number of hydrogen-bond donors (Lipinski definition) is 1. The maximum atomic E-state index is 13.2. The molecule has 0 saturated carbocycles. The van der Waals surface area contributed by atoms with Crippen LogP contribution in [-0.4, -0.2) is 38.7 Å². The fourth-order valence-corrected chi connectivity index (χ4v) is 4.44. The molecule has 0 aromatic heterocycles. The molecule has 6 heteroatoms. The van der Waals surface area contributed by atoms with Crippen molar-refractivity contribution in [2.75, 3.05) is 25.2 Å². The normalized spacial score (nSPS) is 19.4. The Labute approximate surface area is 193 Å². The van der Waals surface area contributed by atoms with Gasteiger partial charge in [0.25, 0.3) is 0 Å². The van der Waals surface area contributed by atoms with Gasteiger partial charge in [0.05, 0.1) is 18.6 Å². The Morgan fingerprint density at radius 3 is 2.27 bits per heavy atom. The van der Waals surface area contributed by atoms with E-state index in [1.165, 1.54) is 6.34 Å². The fraction of sp³-hybridized carbons (Fsp3) is 0.185. The van der Waals surface area contributed by atoms with E-state index in [1.807, 2.05) is 60.7 Å². The molecule has 0 fully saturated rings. The number of carbonyl (C=O) groups is 1. The van der Waals surface area contributed by atoms with Gasteiger partial charge in [0.1, 0.15) is 24.4 Å². The van der Waals surface area contributed by atoms with E-state index in [1.54, 1.807) is 7.11 Å². The molecule has 0 spiro atoms. The number of methoxy groups -OCH3 is 1. The summed E-state index contributed by atoms with van der Waals surface area (Å²) in [5.74, 6) is 0.265. The highest BCUT2D eigenvalue weighted by Crippen LogP contribution is 2.48. The van der Waals surface area contributed by atoms with Crippen LogP contribution < -0.4 is 15.0 Å². The molecular formula is C27H25N3O3. The highest BCUT2D eigenvalue weighted by Gasteiger charge is 2.47. The largest absolute Gasteiger partial charge is 0.491 e. The second kappa shape index (κ2) is 9.30. The van der Waals surface area contributed by atoms with Crippen molar-refractivity contribution in [2.45, 2.75) is 6.17 Å². The average molecular weight is 440 g/mol. The van der Waals surface area contributed by atoms with Crippen LogP contribution in [0.15, 0.2) is 89.9 Å². The van der Waals surface area contributed by atoms with Crippen molar-refractivity contribution in [3.63, 3.8) is 0 Å². The minimum Gasteiger partial charge on any atom is -0.491 e. The Kier molecular flexibility index (Phi) is 5.91. The van der Waals surface area contributed by atoms with Crippen molar-refractivity contribution in [1.82, 2.24) is 5.32 Å². The monoisotopic (exact) mass is 439 g/mol. The molecular weight excluding hydrogens is 414 g/mol. The van der Waals surface area contributed by atoms with Crippen molar-refractivity contribution in [3.05, 3.63) is 96.1 Å². The zero-order chi connectivity index (χ0) is 22.6. The summed E-state index contributed by atoms with van der Waals surface area (Å²) in [6, 6.07) is 28.2. The first-order valence-electron chi connectivity index (χ1n) is 11.0. The average Bonchev–Trinajstić information content (AvgIpc) is 3.22. The Balaban J connectivity index is 1.67. The summed E-state index contributed by atoms with van der Waals surface area (Å²) in [5.41, 5.74) is 4.93. The number of para-hydroxylation sites is 1. The smallest absolute Gasteiger partial charge is 0.236 e. The lowest BCUT2D eigenvalue weighted by atomic mass is 9.89. The third-order valence-corrected chi connectivity index (χ3v) is 5.89. The van der Waals surface area contributed by atoms with Crippen LogP contribution >= 0.6 is 0 Å². The number of hydrogen-bond acceptors (Lipinski definition) is 5. The summed E-state index contributed by atoms with van der Waals surface area (Å²) in [4.78, 5) is 20.0. The molecule has 166 valence electrons. The summed E-state index contributed by atoms with van der Waals surface area (Å²) < 4.78 is 10.8. The zero-order valence-electron chi connectivity index (χ0n) is 18.3. The van der Waals surface area contributed by atoms with Gasteiger partial charge in [-0.2, -0.15) is 0 Å². The van der Waals surface area contributed by atoms with E-state index in [9.17, 15) is 4.79 Å². The van der Waals surface area contributed by atoms with Crippen LogP contribution in [0.1, 0.15) is 11.1 Å². The standard InChI is InChI=1S/C27H25N3O3/c1-32-16-17-33-22-14-12-19(13-15-22)23-24-26(28-18-29-27(24)31)30(21-10-6-3-7-11-21)25(23)20-8-4-2-5-9-20/h2-15,18,24,26H,16-17H2,1H3,(H,28,29,31). The first-order chi connectivity index (χ1) is 16.3. The minimum absolute atomic E-state index is 0.0581. The van der Waals surface area contributed by atoms with Crippen LogP contribution in [0.2, 0.25) is 0 Å². The predicted octanol–water partition coefficient (Wildman–Crippen LogP) is 4.20. The van der Waals surface area contributed by atoms with Crippen LogP contribution in [0.4, 0.5) is 5.69 Å². The fourth-order valence-electron chi connectivity index (χ4n) is 4.44. The summed E-state index contributed by atoms with van der Waals surface area (Å²) in [5, 5.41) is 2.81. The molecule has 1 N–H and O–H groups in total. The van der Waals surface area contributed by atoms with E-state index in [0.717, 1.165) is 33.8 Å². The second-order valence-corrected chi connectivity index (χ2v) is 7.88. The third-order valence-electron chi connectivity index (χ3n) is 5.89. The quantitative estimate of drug-likeness (QED) is 0.561. The van der Waals surface area contributed by atoms with Gasteiger partial charge in [0.2, 0.25) is 5.91 Å². The topological polar surface area (TPSA) is 63.2 Å². The number of ether oxygens (including phenoxy) is 2. The van der Waals surface area contributed by atoms with Crippen molar-refractivity contribution < 1.29 is 14.3 Å². The lowest BCUT2D eigenvalue weighted by Gasteiger charge is -2.31. The summed E-state index contributed by atoms with van der Waals surface area (Å²) in [6.07, 6.45) is 1.15. The van der Waals surface area contributed by atoms with E-state index in [-0.39, 0.29) is 12.1 Å². The number of amides is 1. The molecule has 1 amide bonds. The Bertz CT molecular complexity index is 1170. The van der Waals surface area contributed by atoms with Crippen LogP contribution in [0, 0.1) is 5.92 Å². The Morgan fingerprint density at radius 2 is 1.58 bits per heavy atom. The van der Waals surface area contributed by atoms with Gasteiger partial charge in [-0.15, -0.1) is 0 Å². The molecule has 33 heavy (non-hydrogen) atoms. The summed E-state index contributed by atoms with van der Waals surface area (Å²) in [7, 11) is 1.65. The molecule has 0 bridgehead atoms. The number of benzene rings is 3. The van der Waals surface area contributed by atoms with E-state index in [4.69, 9.17) is 14.5 Å². The molecule has 2 aliphatic heterocycles. The van der Waals surface area contributed by atoms with E-state index < -0.39 is 5.92 Å². The van der Waals surface area contributed by atoms with Crippen LogP contribution in [0.5, 0.6) is 5.75 Å². The molecule has 3 aromatic carbocycles. The van der Waals surface area contributed by atoms with Gasteiger partial charge in [-0.3, -0.25) is 4.79 Å². The van der Waals surface area contributed by atoms with Gasteiger partial charge in [0, 0.05) is 18.4 Å². The molecule has 2 atom stereocenters. The van der Waals surface area contributed by atoms with Crippen molar-refractivity contribution in [1.29, 1.82) is 0 Å². The number of nitrogens with one attached hydrogen (secondary N) is 1. The molecule has 0 saturated heterocycles. The van der Waals surface area contributed by atoms with Crippen LogP contribution in [0.3, 0.4) is 0 Å². The highest BCUT2D eigenvalue weighted by atomic mass is 16.5. The number of rotatable bonds is 7. The van der Waals surface area contributed by atoms with E-state index >= 15 is 0 Å². The van der Waals surface area contributed by atoms with Crippen LogP contribution in [-0.2, 0) is 9.53 Å². The number of aliphatic imine (C=N–C) groups is 1. The molecule has 6 nitrogen and oxygen atoms in total. The number of anilines is 1. The number of fused-ring (bicyclic) bond motifs is 1. The zero-order valence-corrected chi connectivity index (χ0v) is 18.3. The third kappa shape index (κ3) is 4.01. The van der Waals surface area contributed by atoms with Crippen LogP contribution in [0.25, 0.3) is 11.3 Å². The second-order valence-electron chi connectivity index (χ2n) is 7.88. The molecule has 2 aliphatic rings. The first-order valence-corrected chi connectivity index (χ1v) is 11.0. The molecule has 0 radical (unpaired) electrons. The summed E-state index contributed by atoms with van der Waals surface area (Å²) in [6.45, 7) is 1.01. The Hall–Kier alpha value is -3.90. The SMILES string of the molecule is COCCOc1ccc(C2=C(c3ccccc3)N(c3ccccc3)C3N=CNC(=O)C23)cc1. The van der Waals surface area contributed by atoms with Gasteiger partial charge in [-0.1, -0.05) is 60.7 Å². The lowest BCUT2D eigenvalue weighted by Crippen LogP contribution is -2.45. The first kappa shape index (κ1) is 21.0. The maximum Gasteiger partial charge on any atom is 0.236 e. The van der Waals surface area contributed by atoms with Crippen molar-refractivity contribution in [2.24, 2.45) is 10.9 Å². The van der Waals surface area contributed by atoms with Crippen molar-refractivity contribution in [3.8, 4) is 5.75 Å². The summed E-state index contributed by atoms with van der Waals surface area (Å²) >= 11 is 0. The minimum atomic E-state index is -0.439. The van der Waals surface area contributed by atoms with Gasteiger partial charge in [0.15, 0.2) is 0 Å². The number of carbonyl (C=O) groups excluding carboxylic acids is 1. The van der Waals surface area contributed by atoms with Gasteiger partial charge < -0.3 is 19.7 Å². The van der Waals surface area contributed by atoms with Gasteiger partial charge >= 0.3 is 0 Å². The van der Waals surface area contributed by atoms with Crippen molar-refractivity contribution >= 4 is 29.2 Å². The highest BCUT2D eigenvalue weighted by molar-refractivity contribution is 6.12. The molecule has 0 aliphatic carbocycles. The van der Waals surface area contributed by atoms with Gasteiger partial charge in [-0.05, 0) is 35.4 Å². The van der Waals surface area contributed by atoms with E-state index in [0.29, 0.717) is 13.2 Å². The number of nitrogens with zero attached hydrogens (tertiary/aromatic N) is 2. The molecule has 2 heterocycles. The van der Waals surface area contributed by atoms with E-state index in [2.05, 4.69) is 34.5 Å².